The van der Waals surface area contributed by atoms with Gasteiger partial charge in [0.05, 0.1) is 18.7 Å². The van der Waals surface area contributed by atoms with Crippen molar-refractivity contribution in [2.45, 2.75) is 6.54 Å². The largest absolute Gasteiger partial charge is 0.484 e. The van der Waals surface area contributed by atoms with Crippen LogP contribution < -0.4 is 14.8 Å². The van der Waals surface area contributed by atoms with Gasteiger partial charge in [0.2, 0.25) is 5.88 Å². The van der Waals surface area contributed by atoms with Gasteiger partial charge in [-0.05, 0) is 35.9 Å². The Morgan fingerprint density at radius 2 is 2.09 bits per heavy atom. The predicted octanol–water partition coefficient (Wildman–Crippen LogP) is 1.66. The summed E-state index contributed by atoms with van der Waals surface area (Å²) in [4.78, 5) is 15.7. The maximum atomic E-state index is 11.7. The molecule has 0 bridgehead atoms. The fraction of sp³-hybridized carbons (Fsp3) is 0.188. The van der Waals surface area contributed by atoms with Crippen LogP contribution in [0.5, 0.6) is 11.6 Å². The van der Waals surface area contributed by atoms with Crippen LogP contribution in [0.15, 0.2) is 42.6 Å². The van der Waals surface area contributed by atoms with Crippen molar-refractivity contribution < 1.29 is 14.3 Å². The Balaban J connectivity index is 1.79. The lowest BCUT2D eigenvalue weighted by molar-refractivity contribution is -0.123. The summed E-state index contributed by atoms with van der Waals surface area (Å²) in [6, 6.07) is 12.1. The van der Waals surface area contributed by atoms with Crippen LogP contribution in [0.4, 0.5) is 0 Å². The monoisotopic (exact) mass is 297 g/mol. The second-order valence-electron chi connectivity index (χ2n) is 4.41. The molecule has 0 atom stereocenters. The SMILES string of the molecule is COc1cc(CNC(=O)COc2ccc(C#N)cc2)ccn1. The number of rotatable bonds is 6. The molecule has 0 aliphatic rings. The smallest absolute Gasteiger partial charge is 0.258 e. The highest BCUT2D eigenvalue weighted by Crippen LogP contribution is 2.11. The first-order valence-corrected chi connectivity index (χ1v) is 6.60. The van der Waals surface area contributed by atoms with E-state index in [1.807, 2.05) is 6.07 Å². The van der Waals surface area contributed by atoms with Gasteiger partial charge in [-0.3, -0.25) is 4.79 Å². The van der Waals surface area contributed by atoms with Gasteiger partial charge in [0.25, 0.3) is 5.91 Å². The number of benzene rings is 1. The zero-order chi connectivity index (χ0) is 15.8. The van der Waals surface area contributed by atoms with E-state index in [-0.39, 0.29) is 12.5 Å². The first-order chi connectivity index (χ1) is 10.7. The third kappa shape index (κ3) is 4.49. The van der Waals surface area contributed by atoms with Crippen LogP contribution in [0.25, 0.3) is 0 Å². The molecule has 1 heterocycles. The summed E-state index contributed by atoms with van der Waals surface area (Å²) in [6.07, 6.45) is 1.62. The van der Waals surface area contributed by atoms with Crippen LogP contribution in [-0.2, 0) is 11.3 Å². The number of ether oxygens (including phenoxy) is 2. The number of nitrogens with zero attached hydrogens (tertiary/aromatic N) is 2. The molecular weight excluding hydrogens is 282 g/mol. The van der Waals surface area contributed by atoms with E-state index in [1.54, 1.807) is 42.6 Å². The average Bonchev–Trinajstić information content (AvgIpc) is 2.58. The van der Waals surface area contributed by atoms with Gasteiger partial charge in [-0.1, -0.05) is 0 Å². The molecule has 0 saturated heterocycles. The molecule has 0 aliphatic heterocycles. The molecule has 22 heavy (non-hydrogen) atoms. The molecule has 0 unspecified atom stereocenters. The quantitative estimate of drug-likeness (QED) is 0.876. The summed E-state index contributed by atoms with van der Waals surface area (Å²) in [6.45, 7) is 0.280. The van der Waals surface area contributed by atoms with Crippen molar-refractivity contribution in [3.8, 4) is 17.7 Å². The molecule has 1 aromatic heterocycles. The van der Waals surface area contributed by atoms with Crippen molar-refractivity contribution in [3.05, 3.63) is 53.7 Å². The van der Waals surface area contributed by atoms with Gasteiger partial charge in [-0.15, -0.1) is 0 Å². The lowest BCUT2D eigenvalue weighted by Crippen LogP contribution is -2.28. The van der Waals surface area contributed by atoms with E-state index in [9.17, 15) is 4.79 Å². The normalized spacial score (nSPS) is 9.64. The first kappa shape index (κ1) is 15.3. The van der Waals surface area contributed by atoms with Crippen LogP contribution >= 0.6 is 0 Å². The van der Waals surface area contributed by atoms with Crippen LogP contribution in [0.3, 0.4) is 0 Å². The van der Waals surface area contributed by atoms with Gasteiger partial charge in [-0.2, -0.15) is 5.26 Å². The first-order valence-electron chi connectivity index (χ1n) is 6.60. The van der Waals surface area contributed by atoms with Crippen LogP contribution in [0.2, 0.25) is 0 Å². The van der Waals surface area contributed by atoms with Crippen LogP contribution in [-0.4, -0.2) is 24.6 Å². The average molecular weight is 297 g/mol. The molecule has 2 aromatic rings. The lowest BCUT2D eigenvalue weighted by atomic mass is 10.2. The molecule has 1 aromatic carbocycles. The Morgan fingerprint density at radius 1 is 1.32 bits per heavy atom. The minimum Gasteiger partial charge on any atom is -0.484 e. The third-order valence-electron chi connectivity index (χ3n) is 2.85. The number of methoxy groups -OCH3 is 1. The Kier molecular flexibility index (Phi) is 5.32. The minimum absolute atomic E-state index is 0.0892. The Bertz CT molecular complexity index is 678. The highest BCUT2D eigenvalue weighted by Gasteiger charge is 2.04. The van der Waals surface area contributed by atoms with Crippen molar-refractivity contribution >= 4 is 5.91 Å². The van der Waals surface area contributed by atoms with Crippen molar-refractivity contribution in [1.82, 2.24) is 10.3 Å². The number of carbonyl (C=O) groups is 1. The molecule has 2 rings (SSSR count). The second kappa shape index (κ2) is 7.64. The number of hydrogen-bond donors (Lipinski definition) is 1. The van der Waals surface area contributed by atoms with E-state index in [2.05, 4.69) is 10.3 Å². The lowest BCUT2D eigenvalue weighted by Gasteiger charge is -2.08. The van der Waals surface area contributed by atoms with Crippen LogP contribution in [0, 0.1) is 11.3 Å². The predicted molar refractivity (Wildman–Crippen MR) is 79.3 cm³/mol. The molecule has 0 radical (unpaired) electrons. The van der Waals surface area contributed by atoms with E-state index in [0.29, 0.717) is 23.7 Å². The molecule has 1 amide bonds. The van der Waals surface area contributed by atoms with Gasteiger partial charge in [0, 0.05) is 18.8 Å². The van der Waals surface area contributed by atoms with E-state index in [4.69, 9.17) is 14.7 Å². The van der Waals surface area contributed by atoms with E-state index < -0.39 is 0 Å². The van der Waals surface area contributed by atoms with Crippen molar-refractivity contribution in [3.63, 3.8) is 0 Å². The van der Waals surface area contributed by atoms with Gasteiger partial charge in [0.1, 0.15) is 5.75 Å². The number of carbonyl (C=O) groups excluding carboxylic acids is 1. The fourth-order valence-corrected chi connectivity index (χ4v) is 1.70. The topological polar surface area (TPSA) is 84.2 Å². The van der Waals surface area contributed by atoms with Gasteiger partial charge in [-0.25, -0.2) is 4.98 Å². The molecule has 1 N–H and O–H groups in total. The second-order valence-corrected chi connectivity index (χ2v) is 4.41. The van der Waals surface area contributed by atoms with Gasteiger partial charge >= 0.3 is 0 Å². The Hall–Kier alpha value is -3.07. The zero-order valence-corrected chi connectivity index (χ0v) is 12.1. The highest BCUT2D eigenvalue weighted by atomic mass is 16.5. The number of amides is 1. The zero-order valence-electron chi connectivity index (χ0n) is 12.1. The highest BCUT2D eigenvalue weighted by molar-refractivity contribution is 5.77. The summed E-state index contributed by atoms with van der Waals surface area (Å²) >= 11 is 0. The molecule has 112 valence electrons. The molecule has 0 spiro atoms. The third-order valence-corrected chi connectivity index (χ3v) is 2.85. The number of nitrogens with one attached hydrogen (secondary N) is 1. The van der Waals surface area contributed by atoms with Crippen LogP contribution in [0.1, 0.15) is 11.1 Å². The molecule has 6 nitrogen and oxygen atoms in total. The summed E-state index contributed by atoms with van der Waals surface area (Å²) in [5.41, 5.74) is 1.43. The maximum Gasteiger partial charge on any atom is 0.258 e. The minimum atomic E-state index is -0.236. The summed E-state index contributed by atoms with van der Waals surface area (Å²) in [5.74, 6) is 0.806. The number of pyridine rings is 1. The molecule has 0 saturated carbocycles. The fourth-order valence-electron chi connectivity index (χ4n) is 1.70. The van der Waals surface area contributed by atoms with E-state index >= 15 is 0 Å². The Labute approximate surface area is 128 Å². The van der Waals surface area contributed by atoms with E-state index in [0.717, 1.165) is 5.56 Å². The number of nitriles is 1. The summed E-state index contributed by atoms with van der Waals surface area (Å²) in [7, 11) is 1.54. The molecular formula is C16H15N3O3. The van der Waals surface area contributed by atoms with E-state index in [1.165, 1.54) is 7.11 Å². The molecule has 0 aliphatic carbocycles. The molecule has 6 heteroatoms. The van der Waals surface area contributed by atoms with Gasteiger partial charge < -0.3 is 14.8 Å². The summed E-state index contributed by atoms with van der Waals surface area (Å²) < 4.78 is 10.4. The summed E-state index contributed by atoms with van der Waals surface area (Å²) in [5, 5.41) is 11.4. The molecule has 0 fully saturated rings. The standard InChI is InChI=1S/C16H15N3O3/c1-21-16-8-13(6-7-18-16)10-19-15(20)11-22-14-4-2-12(9-17)3-5-14/h2-8H,10-11H2,1H3,(H,19,20). The van der Waals surface area contributed by atoms with Crippen molar-refractivity contribution in [1.29, 1.82) is 5.26 Å². The maximum absolute atomic E-state index is 11.7. The van der Waals surface area contributed by atoms with Crippen molar-refractivity contribution in [2.24, 2.45) is 0 Å². The van der Waals surface area contributed by atoms with Crippen molar-refractivity contribution in [2.75, 3.05) is 13.7 Å². The number of hydrogen-bond acceptors (Lipinski definition) is 5. The number of aromatic nitrogens is 1. The Morgan fingerprint density at radius 3 is 2.77 bits per heavy atom. The van der Waals surface area contributed by atoms with Gasteiger partial charge in [0.15, 0.2) is 6.61 Å².